The van der Waals surface area contributed by atoms with Crippen molar-refractivity contribution in [3.63, 3.8) is 0 Å². The van der Waals surface area contributed by atoms with Crippen LogP contribution in [-0.2, 0) is 4.79 Å². The van der Waals surface area contributed by atoms with Crippen LogP contribution < -0.4 is 5.73 Å². The minimum Gasteiger partial charge on any atom is -0.341 e. The third-order valence-corrected chi connectivity index (χ3v) is 5.69. The summed E-state index contributed by atoms with van der Waals surface area (Å²) in [5.41, 5.74) is 6.07. The van der Waals surface area contributed by atoms with E-state index in [1.807, 2.05) is 0 Å². The molecule has 4 heteroatoms. The first-order chi connectivity index (χ1) is 9.65. The van der Waals surface area contributed by atoms with E-state index in [1.165, 1.54) is 32.4 Å². The predicted octanol–water partition coefficient (Wildman–Crippen LogP) is 1.45. The van der Waals surface area contributed by atoms with Crippen LogP contribution >= 0.6 is 0 Å². The lowest BCUT2D eigenvalue weighted by atomic mass is 9.77. The lowest BCUT2D eigenvalue weighted by Gasteiger charge is -2.34. The second kappa shape index (κ2) is 6.02. The van der Waals surface area contributed by atoms with E-state index in [4.69, 9.17) is 5.73 Å². The zero-order valence-corrected chi connectivity index (χ0v) is 12.8. The molecule has 0 aromatic heterocycles. The van der Waals surface area contributed by atoms with Crippen molar-refractivity contribution in [3.05, 3.63) is 0 Å². The second-order valence-corrected chi connectivity index (χ2v) is 7.13. The molecule has 2 saturated heterocycles. The van der Waals surface area contributed by atoms with Gasteiger partial charge in [-0.3, -0.25) is 9.69 Å². The largest absolute Gasteiger partial charge is 0.341 e. The van der Waals surface area contributed by atoms with Crippen molar-refractivity contribution in [2.75, 3.05) is 26.2 Å². The zero-order valence-electron chi connectivity index (χ0n) is 12.8. The fourth-order valence-electron chi connectivity index (χ4n) is 4.28. The monoisotopic (exact) mass is 279 g/mol. The van der Waals surface area contributed by atoms with Crippen LogP contribution in [0.25, 0.3) is 0 Å². The molecule has 4 nitrogen and oxygen atoms in total. The molecular weight excluding hydrogens is 250 g/mol. The van der Waals surface area contributed by atoms with Gasteiger partial charge < -0.3 is 10.6 Å². The Morgan fingerprint density at radius 1 is 1.10 bits per heavy atom. The van der Waals surface area contributed by atoms with Crippen LogP contribution in [0.1, 0.15) is 45.4 Å². The summed E-state index contributed by atoms with van der Waals surface area (Å²) >= 11 is 0. The molecule has 4 unspecified atom stereocenters. The standard InChI is InChI=1S/C16H29N3O/c1-12-4-5-13(17)10-15(12)16(20)19-9-6-14(11-19)18-7-2-3-8-18/h12-15H,2-11,17H2,1H3. The Hall–Kier alpha value is -0.610. The van der Waals surface area contributed by atoms with Gasteiger partial charge in [0.15, 0.2) is 0 Å². The highest BCUT2D eigenvalue weighted by molar-refractivity contribution is 5.79. The summed E-state index contributed by atoms with van der Waals surface area (Å²) in [6.07, 6.45) is 6.92. The fraction of sp³-hybridized carbons (Fsp3) is 0.938. The molecule has 20 heavy (non-hydrogen) atoms. The first kappa shape index (κ1) is 14.3. The summed E-state index contributed by atoms with van der Waals surface area (Å²) in [6, 6.07) is 0.853. The predicted molar refractivity (Wildman–Crippen MR) is 80.3 cm³/mol. The van der Waals surface area contributed by atoms with E-state index in [2.05, 4.69) is 16.7 Å². The van der Waals surface area contributed by atoms with Gasteiger partial charge in [0.05, 0.1) is 0 Å². The number of nitrogens with zero attached hydrogens (tertiary/aromatic N) is 2. The topological polar surface area (TPSA) is 49.6 Å². The minimum atomic E-state index is 0.177. The number of hydrogen-bond acceptors (Lipinski definition) is 3. The summed E-state index contributed by atoms with van der Waals surface area (Å²) in [6.45, 7) is 6.60. The van der Waals surface area contributed by atoms with Crippen molar-refractivity contribution in [2.24, 2.45) is 17.6 Å². The van der Waals surface area contributed by atoms with Gasteiger partial charge in [0.1, 0.15) is 0 Å². The molecule has 0 aromatic carbocycles. The molecule has 0 radical (unpaired) electrons. The summed E-state index contributed by atoms with van der Waals surface area (Å²) < 4.78 is 0. The molecular formula is C16H29N3O. The number of likely N-dealkylation sites (tertiary alicyclic amines) is 2. The summed E-state index contributed by atoms with van der Waals surface area (Å²) in [5.74, 6) is 1.07. The van der Waals surface area contributed by atoms with Crippen molar-refractivity contribution in [3.8, 4) is 0 Å². The van der Waals surface area contributed by atoms with Crippen LogP contribution in [0.5, 0.6) is 0 Å². The first-order valence-corrected chi connectivity index (χ1v) is 8.43. The molecule has 0 aromatic rings. The highest BCUT2D eigenvalue weighted by Gasteiger charge is 2.38. The average Bonchev–Trinajstić information content (AvgIpc) is 3.10. The normalized spacial score (nSPS) is 39.4. The zero-order chi connectivity index (χ0) is 14.1. The number of nitrogens with two attached hydrogens (primary N) is 1. The van der Waals surface area contributed by atoms with Crippen molar-refractivity contribution >= 4 is 5.91 Å². The molecule has 3 rings (SSSR count). The summed E-state index contributed by atoms with van der Waals surface area (Å²) in [7, 11) is 0. The van der Waals surface area contributed by atoms with E-state index in [0.29, 0.717) is 17.9 Å². The first-order valence-electron chi connectivity index (χ1n) is 8.43. The van der Waals surface area contributed by atoms with Crippen LogP contribution in [0.2, 0.25) is 0 Å². The maximum absolute atomic E-state index is 12.8. The Labute approximate surface area is 122 Å². The summed E-state index contributed by atoms with van der Waals surface area (Å²) in [4.78, 5) is 17.5. The van der Waals surface area contributed by atoms with E-state index in [-0.39, 0.29) is 12.0 Å². The molecule has 2 heterocycles. The molecule has 3 aliphatic rings. The Morgan fingerprint density at radius 3 is 2.60 bits per heavy atom. The van der Waals surface area contributed by atoms with E-state index < -0.39 is 0 Å². The molecule has 2 N–H and O–H groups in total. The Morgan fingerprint density at radius 2 is 1.85 bits per heavy atom. The van der Waals surface area contributed by atoms with Crippen molar-refractivity contribution in [2.45, 2.75) is 57.5 Å². The minimum absolute atomic E-state index is 0.177. The SMILES string of the molecule is CC1CCC(N)CC1C(=O)N1CCC(N2CCCC2)C1. The number of carbonyl (C=O) groups excluding carboxylic acids is 1. The van der Waals surface area contributed by atoms with Crippen LogP contribution in [0.4, 0.5) is 0 Å². The molecule has 114 valence electrons. The van der Waals surface area contributed by atoms with Crippen LogP contribution in [0.3, 0.4) is 0 Å². The average molecular weight is 279 g/mol. The molecule has 1 amide bonds. The number of amides is 1. The molecule has 3 fully saturated rings. The van der Waals surface area contributed by atoms with Gasteiger partial charge in [-0.05, 0) is 57.5 Å². The maximum Gasteiger partial charge on any atom is 0.226 e. The Bertz CT molecular complexity index is 354. The van der Waals surface area contributed by atoms with Crippen LogP contribution in [0.15, 0.2) is 0 Å². The third kappa shape index (κ3) is 2.86. The van der Waals surface area contributed by atoms with Gasteiger partial charge in [-0.15, -0.1) is 0 Å². The van der Waals surface area contributed by atoms with Gasteiger partial charge in [0.2, 0.25) is 5.91 Å². The molecule has 0 bridgehead atoms. The van der Waals surface area contributed by atoms with Crippen LogP contribution in [-0.4, -0.2) is 54.0 Å². The lowest BCUT2D eigenvalue weighted by Crippen LogP contribution is -2.44. The molecule has 1 aliphatic carbocycles. The number of rotatable bonds is 2. The molecule has 4 atom stereocenters. The summed E-state index contributed by atoms with van der Waals surface area (Å²) in [5, 5.41) is 0. The highest BCUT2D eigenvalue weighted by atomic mass is 16.2. The Balaban J connectivity index is 1.57. The van der Waals surface area contributed by atoms with E-state index in [1.54, 1.807) is 0 Å². The quantitative estimate of drug-likeness (QED) is 0.832. The van der Waals surface area contributed by atoms with Crippen molar-refractivity contribution in [1.29, 1.82) is 0 Å². The third-order valence-electron chi connectivity index (χ3n) is 5.69. The molecule has 2 aliphatic heterocycles. The smallest absolute Gasteiger partial charge is 0.226 e. The van der Waals surface area contributed by atoms with E-state index >= 15 is 0 Å². The number of hydrogen-bond donors (Lipinski definition) is 1. The van der Waals surface area contributed by atoms with Gasteiger partial charge in [0, 0.05) is 31.1 Å². The highest BCUT2D eigenvalue weighted by Crippen LogP contribution is 2.32. The second-order valence-electron chi connectivity index (χ2n) is 7.13. The van der Waals surface area contributed by atoms with Gasteiger partial charge in [0.25, 0.3) is 0 Å². The van der Waals surface area contributed by atoms with Gasteiger partial charge >= 0.3 is 0 Å². The van der Waals surface area contributed by atoms with Gasteiger partial charge in [-0.25, -0.2) is 0 Å². The van der Waals surface area contributed by atoms with Crippen molar-refractivity contribution in [1.82, 2.24) is 9.80 Å². The Kier molecular flexibility index (Phi) is 4.32. The van der Waals surface area contributed by atoms with E-state index in [9.17, 15) is 4.79 Å². The van der Waals surface area contributed by atoms with Gasteiger partial charge in [-0.1, -0.05) is 6.92 Å². The lowest BCUT2D eigenvalue weighted by molar-refractivity contribution is -0.137. The molecule has 1 saturated carbocycles. The maximum atomic E-state index is 12.8. The van der Waals surface area contributed by atoms with Crippen molar-refractivity contribution < 1.29 is 4.79 Å². The fourth-order valence-corrected chi connectivity index (χ4v) is 4.28. The number of carbonyl (C=O) groups is 1. The molecule has 0 spiro atoms. The van der Waals surface area contributed by atoms with Crippen LogP contribution in [0, 0.1) is 11.8 Å². The van der Waals surface area contributed by atoms with E-state index in [0.717, 1.165) is 32.4 Å². The van der Waals surface area contributed by atoms with Gasteiger partial charge in [-0.2, -0.15) is 0 Å².